The Kier molecular flexibility index (Phi) is 7.25. The van der Waals surface area contributed by atoms with Gasteiger partial charge in [-0.25, -0.2) is 0 Å². The highest BCUT2D eigenvalue weighted by molar-refractivity contribution is 5.24. The van der Waals surface area contributed by atoms with Crippen molar-refractivity contribution in [3.63, 3.8) is 0 Å². The van der Waals surface area contributed by atoms with Crippen molar-refractivity contribution >= 4 is 0 Å². The van der Waals surface area contributed by atoms with Crippen LogP contribution in [0.25, 0.3) is 0 Å². The molecule has 1 unspecified atom stereocenters. The van der Waals surface area contributed by atoms with Crippen LogP contribution in [0.15, 0.2) is 24.3 Å². The van der Waals surface area contributed by atoms with E-state index < -0.39 is 0 Å². The van der Waals surface area contributed by atoms with Crippen LogP contribution in [-0.4, -0.2) is 26.8 Å². The van der Waals surface area contributed by atoms with E-state index in [2.05, 4.69) is 57.3 Å². The summed E-state index contributed by atoms with van der Waals surface area (Å²) < 4.78 is 5.10. The van der Waals surface area contributed by atoms with Crippen molar-refractivity contribution in [3.05, 3.63) is 35.4 Å². The SMILES string of the molecule is COCCNCC(CCC(C)(C)C)c1ccc(C)cc1. The zero-order valence-corrected chi connectivity index (χ0v) is 13.8. The molecule has 1 N–H and O–H groups in total. The molecule has 0 aliphatic heterocycles. The predicted octanol–water partition coefficient (Wildman–Crippen LogP) is 4.14. The third kappa shape index (κ3) is 7.06. The standard InChI is InChI=1S/C18H31NO/c1-15-6-8-16(9-7-15)17(10-11-18(2,3)4)14-19-12-13-20-5/h6-9,17,19H,10-14H2,1-5H3. The Morgan fingerprint density at radius 2 is 1.80 bits per heavy atom. The maximum atomic E-state index is 5.10. The molecular formula is C18H31NO. The number of benzene rings is 1. The summed E-state index contributed by atoms with van der Waals surface area (Å²) in [7, 11) is 1.75. The number of hydrogen-bond acceptors (Lipinski definition) is 2. The van der Waals surface area contributed by atoms with Gasteiger partial charge in [-0.15, -0.1) is 0 Å². The molecule has 1 rings (SSSR count). The second-order valence-corrected chi connectivity index (χ2v) is 6.90. The molecule has 0 aliphatic carbocycles. The van der Waals surface area contributed by atoms with E-state index in [0.717, 1.165) is 19.7 Å². The molecule has 0 fully saturated rings. The lowest BCUT2D eigenvalue weighted by atomic mass is 9.84. The third-order valence-electron chi connectivity index (χ3n) is 3.67. The summed E-state index contributed by atoms with van der Waals surface area (Å²) in [5, 5.41) is 3.51. The Hall–Kier alpha value is -0.860. The molecule has 2 nitrogen and oxygen atoms in total. The number of aryl methyl sites for hydroxylation is 1. The van der Waals surface area contributed by atoms with Gasteiger partial charge >= 0.3 is 0 Å². The van der Waals surface area contributed by atoms with Crippen LogP contribution in [0.3, 0.4) is 0 Å². The van der Waals surface area contributed by atoms with Gasteiger partial charge in [-0.1, -0.05) is 50.6 Å². The van der Waals surface area contributed by atoms with Gasteiger partial charge in [-0.2, -0.15) is 0 Å². The molecule has 114 valence electrons. The summed E-state index contributed by atoms with van der Waals surface area (Å²) in [6.07, 6.45) is 2.48. The fraction of sp³-hybridized carbons (Fsp3) is 0.667. The van der Waals surface area contributed by atoms with Gasteiger partial charge in [0.15, 0.2) is 0 Å². The summed E-state index contributed by atoms with van der Waals surface area (Å²) in [6.45, 7) is 11.8. The van der Waals surface area contributed by atoms with Gasteiger partial charge in [-0.3, -0.25) is 0 Å². The quantitative estimate of drug-likeness (QED) is 0.721. The van der Waals surface area contributed by atoms with Gasteiger partial charge < -0.3 is 10.1 Å². The first-order valence-electron chi connectivity index (χ1n) is 7.68. The lowest BCUT2D eigenvalue weighted by molar-refractivity contribution is 0.198. The van der Waals surface area contributed by atoms with Crippen molar-refractivity contribution in [1.29, 1.82) is 0 Å². The first kappa shape index (κ1) is 17.2. The van der Waals surface area contributed by atoms with E-state index in [9.17, 15) is 0 Å². The first-order valence-corrected chi connectivity index (χ1v) is 7.68. The zero-order chi connectivity index (χ0) is 15.0. The lowest BCUT2D eigenvalue weighted by Crippen LogP contribution is -2.26. The van der Waals surface area contributed by atoms with E-state index in [1.165, 1.54) is 24.0 Å². The number of ether oxygens (including phenoxy) is 1. The summed E-state index contributed by atoms with van der Waals surface area (Å²) in [6, 6.07) is 8.99. The second-order valence-electron chi connectivity index (χ2n) is 6.90. The third-order valence-corrected chi connectivity index (χ3v) is 3.67. The largest absolute Gasteiger partial charge is 0.383 e. The molecule has 20 heavy (non-hydrogen) atoms. The van der Waals surface area contributed by atoms with Crippen LogP contribution in [-0.2, 0) is 4.74 Å². The van der Waals surface area contributed by atoms with Crippen LogP contribution in [0.1, 0.15) is 50.7 Å². The van der Waals surface area contributed by atoms with E-state index in [4.69, 9.17) is 4.74 Å². The first-order chi connectivity index (χ1) is 9.42. The van der Waals surface area contributed by atoms with E-state index in [1.54, 1.807) is 7.11 Å². The molecule has 0 aliphatic rings. The molecule has 0 bridgehead atoms. The Balaban J connectivity index is 2.60. The van der Waals surface area contributed by atoms with E-state index in [0.29, 0.717) is 11.3 Å². The van der Waals surface area contributed by atoms with Gasteiger partial charge in [-0.05, 0) is 36.7 Å². The molecule has 0 amide bonds. The molecule has 0 saturated heterocycles. The van der Waals surface area contributed by atoms with Crippen LogP contribution in [0, 0.1) is 12.3 Å². The normalized spacial score (nSPS) is 13.4. The van der Waals surface area contributed by atoms with E-state index in [-0.39, 0.29) is 0 Å². The molecule has 1 atom stereocenters. The minimum Gasteiger partial charge on any atom is -0.383 e. The van der Waals surface area contributed by atoms with Gasteiger partial charge in [0, 0.05) is 20.2 Å². The van der Waals surface area contributed by atoms with E-state index >= 15 is 0 Å². The Bertz CT molecular complexity index is 364. The predicted molar refractivity (Wildman–Crippen MR) is 87.4 cm³/mol. The van der Waals surface area contributed by atoms with Crippen molar-refractivity contribution in [2.24, 2.45) is 5.41 Å². The molecule has 0 heterocycles. The van der Waals surface area contributed by atoms with Crippen LogP contribution in [0.2, 0.25) is 0 Å². The van der Waals surface area contributed by atoms with Gasteiger partial charge in [0.2, 0.25) is 0 Å². The van der Waals surface area contributed by atoms with Gasteiger partial charge in [0.25, 0.3) is 0 Å². The van der Waals surface area contributed by atoms with Crippen molar-refractivity contribution in [2.45, 2.75) is 46.5 Å². The zero-order valence-electron chi connectivity index (χ0n) is 13.8. The topological polar surface area (TPSA) is 21.3 Å². The number of hydrogen-bond donors (Lipinski definition) is 1. The minimum atomic E-state index is 0.398. The maximum Gasteiger partial charge on any atom is 0.0587 e. The highest BCUT2D eigenvalue weighted by Gasteiger charge is 2.16. The summed E-state index contributed by atoms with van der Waals surface area (Å²) >= 11 is 0. The maximum absolute atomic E-state index is 5.10. The number of nitrogens with one attached hydrogen (secondary N) is 1. The smallest absolute Gasteiger partial charge is 0.0587 e. The fourth-order valence-electron chi connectivity index (χ4n) is 2.28. The molecule has 0 spiro atoms. The van der Waals surface area contributed by atoms with Crippen LogP contribution < -0.4 is 5.32 Å². The van der Waals surface area contributed by atoms with Crippen molar-refractivity contribution in [3.8, 4) is 0 Å². The van der Waals surface area contributed by atoms with Crippen LogP contribution in [0.5, 0.6) is 0 Å². The van der Waals surface area contributed by atoms with Crippen molar-refractivity contribution < 1.29 is 4.74 Å². The lowest BCUT2D eigenvalue weighted by Gasteiger charge is -2.24. The average Bonchev–Trinajstić information content (AvgIpc) is 2.38. The van der Waals surface area contributed by atoms with Gasteiger partial charge in [0.05, 0.1) is 6.61 Å². The molecular weight excluding hydrogens is 246 g/mol. The minimum absolute atomic E-state index is 0.398. The van der Waals surface area contributed by atoms with Crippen LogP contribution >= 0.6 is 0 Å². The summed E-state index contributed by atoms with van der Waals surface area (Å²) in [4.78, 5) is 0. The molecule has 2 heteroatoms. The average molecular weight is 277 g/mol. The number of methoxy groups -OCH3 is 1. The highest BCUT2D eigenvalue weighted by atomic mass is 16.5. The van der Waals surface area contributed by atoms with Crippen LogP contribution in [0.4, 0.5) is 0 Å². The van der Waals surface area contributed by atoms with Gasteiger partial charge in [0.1, 0.15) is 0 Å². The second kappa shape index (κ2) is 8.43. The molecule has 0 saturated carbocycles. The monoisotopic (exact) mass is 277 g/mol. The fourth-order valence-corrected chi connectivity index (χ4v) is 2.28. The summed E-state index contributed by atoms with van der Waals surface area (Å²) in [5.74, 6) is 0.590. The molecule has 1 aromatic carbocycles. The molecule has 0 radical (unpaired) electrons. The van der Waals surface area contributed by atoms with E-state index in [1.807, 2.05) is 0 Å². The highest BCUT2D eigenvalue weighted by Crippen LogP contribution is 2.28. The van der Waals surface area contributed by atoms with Crippen molar-refractivity contribution in [2.75, 3.05) is 26.8 Å². The Morgan fingerprint density at radius 1 is 1.15 bits per heavy atom. The molecule has 0 aromatic heterocycles. The molecule has 1 aromatic rings. The number of rotatable bonds is 8. The Morgan fingerprint density at radius 3 is 2.35 bits per heavy atom. The van der Waals surface area contributed by atoms with Crippen molar-refractivity contribution in [1.82, 2.24) is 5.32 Å². The summed E-state index contributed by atoms with van der Waals surface area (Å²) in [5.41, 5.74) is 3.18. The Labute approximate surface area is 124 Å².